The predicted molar refractivity (Wildman–Crippen MR) is 113 cm³/mol. The first-order chi connectivity index (χ1) is 14.1. The molecule has 1 amide bonds. The lowest BCUT2D eigenvalue weighted by Gasteiger charge is -2.27. The monoisotopic (exact) mass is 478 g/mol. The first kappa shape index (κ1) is 22.9. The lowest BCUT2D eigenvalue weighted by atomic mass is 9.86. The first-order valence-corrected chi connectivity index (χ1v) is 10.6. The molecule has 2 heterocycles. The Balaban J connectivity index is 1.75. The van der Waals surface area contributed by atoms with Gasteiger partial charge in [-0.3, -0.25) is 9.48 Å². The molecule has 1 unspecified atom stereocenters. The minimum Gasteiger partial charge on any atom is -0.347 e. The lowest BCUT2D eigenvalue weighted by Crippen LogP contribution is -2.41. The highest BCUT2D eigenvalue weighted by molar-refractivity contribution is 7.18. The molecule has 0 saturated carbocycles. The third-order valence-corrected chi connectivity index (χ3v) is 6.46. The molecular formula is C19H19Cl2F3N4OS. The molecule has 0 aromatic carbocycles. The summed E-state index contributed by atoms with van der Waals surface area (Å²) in [6, 6.07) is 0.935. The molecule has 3 rings (SSSR count). The van der Waals surface area contributed by atoms with Gasteiger partial charge >= 0.3 is 6.18 Å². The molecule has 2 aromatic heterocycles. The van der Waals surface area contributed by atoms with Crippen molar-refractivity contribution < 1.29 is 18.0 Å². The Bertz CT molecular complexity index is 977. The number of aryl methyl sites for hydroxylation is 1. The van der Waals surface area contributed by atoms with Crippen LogP contribution in [0.3, 0.4) is 0 Å². The van der Waals surface area contributed by atoms with Crippen molar-refractivity contribution in [2.75, 3.05) is 6.54 Å². The number of carbonyl (C=O) groups is 1. The molecule has 1 aliphatic carbocycles. The predicted octanol–water partition coefficient (Wildman–Crippen LogP) is 4.97. The zero-order chi connectivity index (χ0) is 22.1. The maximum atomic E-state index is 13.3. The summed E-state index contributed by atoms with van der Waals surface area (Å²) >= 11 is 13.5. The van der Waals surface area contributed by atoms with Gasteiger partial charge in [0, 0.05) is 25.2 Å². The Morgan fingerprint density at radius 1 is 1.47 bits per heavy atom. The second-order valence-corrected chi connectivity index (χ2v) is 8.93. The van der Waals surface area contributed by atoms with Gasteiger partial charge in [0.1, 0.15) is 4.34 Å². The average molecular weight is 479 g/mol. The Morgan fingerprint density at radius 2 is 2.20 bits per heavy atom. The van der Waals surface area contributed by atoms with E-state index in [1.54, 1.807) is 23.9 Å². The summed E-state index contributed by atoms with van der Waals surface area (Å²) < 4.78 is 41.8. The first-order valence-electron chi connectivity index (χ1n) is 9.02. The standard InChI is InChI=1S/C19H19Cl2F3N4OS/c1-28-16(14(20)9-26-28)12-7-15(30-17(12)21)18(29)27-11(8-25)6-10-4-2-3-5-13(10)19(22,23)24/h2-4,7,9,11,13H,5-6,8,25H2,1H3,(H,27,29)/t11-,13?/m0/s1. The number of hydrogen-bond acceptors (Lipinski definition) is 4. The van der Waals surface area contributed by atoms with E-state index in [1.807, 2.05) is 0 Å². The molecule has 2 aromatic rings. The van der Waals surface area contributed by atoms with Gasteiger partial charge < -0.3 is 11.1 Å². The molecule has 0 bridgehead atoms. The van der Waals surface area contributed by atoms with E-state index in [1.165, 1.54) is 18.3 Å². The van der Waals surface area contributed by atoms with Crippen molar-refractivity contribution in [3.63, 3.8) is 0 Å². The van der Waals surface area contributed by atoms with E-state index >= 15 is 0 Å². The number of amides is 1. The Kier molecular flexibility index (Phi) is 6.96. The maximum Gasteiger partial charge on any atom is 0.395 e. The van der Waals surface area contributed by atoms with Gasteiger partial charge in [-0.05, 0) is 18.9 Å². The van der Waals surface area contributed by atoms with Crippen molar-refractivity contribution in [3.05, 3.63) is 50.3 Å². The highest BCUT2D eigenvalue weighted by Gasteiger charge is 2.42. The van der Waals surface area contributed by atoms with Gasteiger partial charge in [-0.2, -0.15) is 18.3 Å². The Hall–Kier alpha value is -1.81. The molecular weight excluding hydrogens is 460 g/mol. The van der Waals surface area contributed by atoms with Crippen LogP contribution < -0.4 is 11.1 Å². The summed E-state index contributed by atoms with van der Waals surface area (Å²) in [5, 5.41) is 7.16. The van der Waals surface area contributed by atoms with Gasteiger partial charge in [0.05, 0.1) is 27.7 Å². The molecule has 162 valence electrons. The fourth-order valence-electron chi connectivity index (χ4n) is 3.32. The van der Waals surface area contributed by atoms with Crippen molar-refractivity contribution in [3.8, 4) is 11.3 Å². The summed E-state index contributed by atoms with van der Waals surface area (Å²) in [6.07, 6.45) is 1.54. The largest absolute Gasteiger partial charge is 0.395 e. The van der Waals surface area contributed by atoms with E-state index < -0.39 is 24.0 Å². The quantitative estimate of drug-likeness (QED) is 0.615. The number of nitrogens with zero attached hydrogens (tertiary/aromatic N) is 2. The third kappa shape index (κ3) is 4.91. The molecule has 30 heavy (non-hydrogen) atoms. The molecule has 2 atom stereocenters. The van der Waals surface area contributed by atoms with Crippen molar-refractivity contribution in [2.24, 2.45) is 18.7 Å². The summed E-state index contributed by atoms with van der Waals surface area (Å²) in [4.78, 5) is 13.0. The van der Waals surface area contributed by atoms with Gasteiger partial charge in [0.25, 0.3) is 5.91 Å². The summed E-state index contributed by atoms with van der Waals surface area (Å²) in [6.45, 7) is -0.00308. The lowest BCUT2D eigenvalue weighted by molar-refractivity contribution is -0.164. The van der Waals surface area contributed by atoms with Crippen LogP contribution in [0.15, 0.2) is 36.1 Å². The van der Waals surface area contributed by atoms with Crippen LogP contribution in [0.1, 0.15) is 22.5 Å². The van der Waals surface area contributed by atoms with Crippen LogP contribution in [0, 0.1) is 5.92 Å². The van der Waals surface area contributed by atoms with Gasteiger partial charge in [0.15, 0.2) is 0 Å². The Morgan fingerprint density at radius 3 is 2.80 bits per heavy atom. The van der Waals surface area contributed by atoms with Crippen LogP contribution in [-0.4, -0.2) is 34.5 Å². The van der Waals surface area contributed by atoms with Gasteiger partial charge in [-0.25, -0.2) is 0 Å². The van der Waals surface area contributed by atoms with Crippen LogP contribution in [0.4, 0.5) is 13.2 Å². The number of rotatable bonds is 6. The van der Waals surface area contributed by atoms with Crippen LogP contribution in [-0.2, 0) is 7.05 Å². The minimum absolute atomic E-state index is 0.00308. The smallest absolute Gasteiger partial charge is 0.347 e. The fraction of sp³-hybridized carbons (Fsp3) is 0.368. The number of aromatic nitrogens is 2. The number of allylic oxidation sites excluding steroid dienone is 3. The normalized spacial score (nSPS) is 17.7. The van der Waals surface area contributed by atoms with E-state index in [0.29, 0.717) is 25.5 Å². The molecule has 0 fully saturated rings. The van der Waals surface area contributed by atoms with Crippen LogP contribution in [0.2, 0.25) is 9.36 Å². The zero-order valence-electron chi connectivity index (χ0n) is 15.8. The molecule has 11 heteroatoms. The topological polar surface area (TPSA) is 72.9 Å². The molecule has 3 N–H and O–H groups in total. The number of alkyl halides is 3. The van der Waals surface area contributed by atoms with E-state index in [-0.39, 0.29) is 25.0 Å². The zero-order valence-corrected chi connectivity index (χ0v) is 18.2. The van der Waals surface area contributed by atoms with Crippen LogP contribution in [0.25, 0.3) is 11.3 Å². The summed E-state index contributed by atoms with van der Waals surface area (Å²) in [7, 11) is 1.70. The number of hydrogen-bond donors (Lipinski definition) is 2. The maximum absolute atomic E-state index is 13.3. The molecule has 5 nitrogen and oxygen atoms in total. The highest BCUT2D eigenvalue weighted by atomic mass is 35.5. The SMILES string of the molecule is Cn1ncc(Cl)c1-c1cc(C(=O)N[C@H](CN)CC2=CC=CCC2C(F)(F)F)sc1Cl. The number of carbonyl (C=O) groups excluding carboxylic acids is 1. The third-order valence-electron chi connectivity index (χ3n) is 4.82. The van der Waals surface area contributed by atoms with Crippen LogP contribution in [0.5, 0.6) is 0 Å². The van der Waals surface area contributed by atoms with Gasteiger partial charge in [-0.1, -0.05) is 47.0 Å². The Labute approximate surface area is 185 Å². The van der Waals surface area contributed by atoms with Crippen molar-refractivity contribution in [2.45, 2.75) is 25.1 Å². The number of halogens is 5. The molecule has 0 radical (unpaired) electrons. The van der Waals surface area contributed by atoms with E-state index in [4.69, 9.17) is 28.9 Å². The highest BCUT2D eigenvalue weighted by Crippen LogP contribution is 2.40. The number of nitrogens with one attached hydrogen (secondary N) is 1. The van der Waals surface area contributed by atoms with Crippen molar-refractivity contribution >= 4 is 40.4 Å². The van der Waals surface area contributed by atoms with Crippen LogP contribution >= 0.6 is 34.5 Å². The van der Waals surface area contributed by atoms with Crippen molar-refractivity contribution in [1.29, 1.82) is 0 Å². The minimum atomic E-state index is -4.35. The summed E-state index contributed by atoms with van der Waals surface area (Å²) in [5.41, 5.74) is 7.05. The van der Waals surface area contributed by atoms with E-state index in [9.17, 15) is 18.0 Å². The van der Waals surface area contributed by atoms with Gasteiger partial charge in [-0.15, -0.1) is 11.3 Å². The summed E-state index contributed by atoms with van der Waals surface area (Å²) in [5.74, 6) is -2.03. The fourth-order valence-corrected chi connectivity index (χ4v) is 4.77. The molecule has 0 spiro atoms. The average Bonchev–Trinajstić information content (AvgIpc) is 3.22. The van der Waals surface area contributed by atoms with Gasteiger partial charge in [0.2, 0.25) is 0 Å². The second-order valence-electron chi connectivity index (χ2n) is 6.87. The van der Waals surface area contributed by atoms with E-state index in [2.05, 4.69) is 10.4 Å². The molecule has 0 saturated heterocycles. The second kappa shape index (κ2) is 9.13. The van der Waals surface area contributed by atoms with E-state index in [0.717, 1.165) is 11.3 Å². The number of thiophene rings is 1. The molecule has 1 aliphatic rings. The van der Waals surface area contributed by atoms with Crippen molar-refractivity contribution in [1.82, 2.24) is 15.1 Å². The number of nitrogens with two attached hydrogens (primary N) is 1. The molecule has 0 aliphatic heterocycles.